The quantitative estimate of drug-likeness (QED) is 0.553. The lowest BCUT2D eigenvalue weighted by Gasteiger charge is -2.61. The number of rotatable bonds is 5. The molecule has 10 atom stereocenters. The molecule has 0 aromatic carbocycles. The van der Waals surface area contributed by atoms with Crippen molar-refractivity contribution in [1.82, 2.24) is 0 Å². The van der Waals surface area contributed by atoms with Gasteiger partial charge in [0.25, 0.3) is 0 Å². The number of aliphatic hydroxyl groups excluding tert-OH is 2. The van der Waals surface area contributed by atoms with Crippen LogP contribution in [-0.4, -0.2) is 22.4 Å². The van der Waals surface area contributed by atoms with Crippen molar-refractivity contribution in [1.29, 1.82) is 0 Å². The fourth-order valence-corrected chi connectivity index (χ4v) is 9.30. The van der Waals surface area contributed by atoms with Crippen molar-refractivity contribution in [3.8, 4) is 0 Å². The van der Waals surface area contributed by atoms with Gasteiger partial charge in [0.15, 0.2) is 0 Å². The minimum atomic E-state index is -0.499. The molecule has 0 aromatic rings. The number of hydrogen-bond acceptors (Lipinski definition) is 2. The molecule has 2 nitrogen and oxygen atoms in total. The van der Waals surface area contributed by atoms with Crippen molar-refractivity contribution in [3.63, 3.8) is 0 Å². The molecule has 29 heavy (non-hydrogen) atoms. The van der Waals surface area contributed by atoms with Crippen LogP contribution < -0.4 is 0 Å². The first kappa shape index (κ1) is 22.1. The van der Waals surface area contributed by atoms with E-state index in [1.54, 1.807) is 0 Å². The molecule has 4 rings (SSSR count). The van der Waals surface area contributed by atoms with Crippen LogP contribution in [0.4, 0.5) is 0 Å². The van der Waals surface area contributed by atoms with E-state index in [4.69, 9.17) is 0 Å². The van der Waals surface area contributed by atoms with Crippen LogP contribution >= 0.6 is 0 Å². The molecule has 4 aliphatic carbocycles. The molecule has 0 aromatic heterocycles. The van der Waals surface area contributed by atoms with Crippen LogP contribution in [0.15, 0.2) is 0 Å². The van der Waals surface area contributed by atoms with Gasteiger partial charge < -0.3 is 10.2 Å². The van der Waals surface area contributed by atoms with Crippen LogP contribution in [0, 0.1) is 52.3 Å². The Kier molecular flexibility index (Phi) is 6.19. The summed E-state index contributed by atoms with van der Waals surface area (Å²) in [6.07, 6.45) is 13.2. The zero-order valence-electron chi connectivity index (χ0n) is 19.9. The first-order valence-corrected chi connectivity index (χ1v) is 13.0. The first-order valence-electron chi connectivity index (χ1n) is 13.0. The molecule has 0 aliphatic heterocycles. The van der Waals surface area contributed by atoms with Gasteiger partial charge in [-0.1, -0.05) is 53.9 Å². The van der Waals surface area contributed by atoms with E-state index in [1.165, 1.54) is 57.8 Å². The smallest absolute Gasteiger partial charge is 0.0804 e. The summed E-state index contributed by atoms with van der Waals surface area (Å²) in [7, 11) is 0. The maximum atomic E-state index is 10.5. The Labute approximate surface area is 180 Å². The maximum absolute atomic E-state index is 10.5. The van der Waals surface area contributed by atoms with Crippen LogP contribution in [0.1, 0.15) is 105 Å². The lowest BCUT2D eigenvalue weighted by atomic mass is 9.44. The predicted octanol–water partition coefficient (Wildman–Crippen LogP) is 6.44. The second-order valence-corrected chi connectivity index (χ2v) is 12.8. The van der Waals surface area contributed by atoms with Crippen molar-refractivity contribution in [3.05, 3.63) is 0 Å². The van der Waals surface area contributed by atoms with E-state index in [9.17, 15) is 10.2 Å². The Morgan fingerprint density at radius 1 is 0.828 bits per heavy atom. The van der Waals surface area contributed by atoms with Gasteiger partial charge in [-0.2, -0.15) is 0 Å². The molecule has 4 fully saturated rings. The van der Waals surface area contributed by atoms with Crippen LogP contribution in [-0.2, 0) is 0 Å². The van der Waals surface area contributed by atoms with Crippen molar-refractivity contribution in [2.45, 2.75) is 117 Å². The van der Waals surface area contributed by atoms with Crippen LogP contribution in [0.3, 0.4) is 0 Å². The molecule has 0 unspecified atom stereocenters. The van der Waals surface area contributed by atoms with Crippen molar-refractivity contribution >= 4 is 0 Å². The monoisotopic (exact) mass is 404 g/mol. The average Bonchev–Trinajstić information content (AvgIpc) is 3.00. The van der Waals surface area contributed by atoms with E-state index in [2.05, 4.69) is 34.6 Å². The summed E-state index contributed by atoms with van der Waals surface area (Å²) in [5.41, 5.74) is 0.804. The molecule has 0 bridgehead atoms. The van der Waals surface area contributed by atoms with Crippen LogP contribution in [0.5, 0.6) is 0 Å². The lowest BCUT2D eigenvalue weighted by Crippen LogP contribution is -2.56. The molecule has 0 amide bonds. The SMILES string of the molecule is CC(C)CCC[C@@H](C)[C@H]1CC[C@H]2[C@@H]3CC[C@H]4C[C@@H](O)[C@@H](O)C[C@]4(C)[C@H]3CC[C@]12C. The van der Waals surface area contributed by atoms with Crippen molar-refractivity contribution in [2.24, 2.45) is 52.3 Å². The number of aliphatic hydroxyl groups is 2. The molecule has 0 saturated heterocycles. The minimum Gasteiger partial charge on any atom is -0.390 e. The van der Waals surface area contributed by atoms with Gasteiger partial charge in [0.2, 0.25) is 0 Å². The fourth-order valence-electron chi connectivity index (χ4n) is 9.30. The number of fused-ring (bicyclic) bond motifs is 5. The maximum Gasteiger partial charge on any atom is 0.0804 e. The van der Waals surface area contributed by atoms with Crippen LogP contribution in [0.2, 0.25) is 0 Å². The van der Waals surface area contributed by atoms with Gasteiger partial charge in [-0.05, 0) is 104 Å². The van der Waals surface area contributed by atoms with Gasteiger partial charge in [0, 0.05) is 0 Å². The van der Waals surface area contributed by atoms with Crippen molar-refractivity contribution in [2.75, 3.05) is 0 Å². The van der Waals surface area contributed by atoms with Gasteiger partial charge in [0.05, 0.1) is 12.2 Å². The highest BCUT2D eigenvalue weighted by molar-refractivity contribution is 5.10. The minimum absolute atomic E-state index is 0.254. The molecule has 0 radical (unpaired) electrons. The summed E-state index contributed by atoms with van der Waals surface area (Å²) in [5.74, 6) is 5.80. The molecule has 2 heteroatoms. The molecule has 168 valence electrons. The van der Waals surface area contributed by atoms with Gasteiger partial charge in [0.1, 0.15) is 0 Å². The molecule has 2 N–H and O–H groups in total. The topological polar surface area (TPSA) is 40.5 Å². The van der Waals surface area contributed by atoms with Crippen LogP contribution in [0.25, 0.3) is 0 Å². The fraction of sp³-hybridized carbons (Fsp3) is 1.00. The Balaban J connectivity index is 1.47. The van der Waals surface area contributed by atoms with E-state index in [0.29, 0.717) is 11.3 Å². The summed E-state index contributed by atoms with van der Waals surface area (Å²) >= 11 is 0. The highest BCUT2D eigenvalue weighted by Crippen LogP contribution is 2.68. The normalized spacial score (nSPS) is 50.7. The summed E-state index contributed by atoms with van der Waals surface area (Å²) in [4.78, 5) is 0. The summed E-state index contributed by atoms with van der Waals surface area (Å²) < 4.78 is 0. The Hall–Kier alpha value is -0.0800. The molecule has 0 heterocycles. The van der Waals surface area contributed by atoms with E-state index < -0.39 is 12.2 Å². The zero-order valence-corrected chi connectivity index (χ0v) is 19.9. The van der Waals surface area contributed by atoms with Gasteiger partial charge in [-0.15, -0.1) is 0 Å². The van der Waals surface area contributed by atoms with Gasteiger partial charge in [-0.25, -0.2) is 0 Å². The second kappa shape index (κ2) is 8.12. The largest absolute Gasteiger partial charge is 0.390 e. The molecule has 4 aliphatic rings. The molecule has 0 spiro atoms. The highest BCUT2D eigenvalue weighted by Gasteiger charge is 2.61. The predicted molar refractivity (Wildman–Crippen MR) is 120 cm³/mol. The third-order valence-electron chi connectivity index (χ3n) is 10.9. The van der Waals surface area contributed by atoms with E-state index in [0.717, 1.165) is 48.3 Å². The number of hydrogen-bond donors (Lipinski definition) is 2. The zero-order chi connectivity index (χ0) is 21.0. The standard InChI is InChI=1S/C27H48O2/c1-17(2)7-6-8-18(3)21-11-12-22-20-10-9-19-15-24(28)25(29)16-27(19,5)23(20)13-14-26(21,22)4/h17-25,28-29H,6-16H2,1-5H3/t18-,19+,20+,21-,22+,23+,24-,25+,26-,27+/m1/s1. The van der Waals surface area contributed by atoms with E-state index in [1.807, 2.05) is 0 Å². The Morgan fingerprint density at radius 2 is 1.55 bits per heavy atom. The van der Waals surface area contributed by atoms with E-state index >= 15 is 0 Å². The highest BCUT2D eigenvalue weighted by atomic mass is 16.3. The Bertz CT molecular complexity index is 573. The summed E-state index contributed by atoms with van der Waals surface area (Å²) in [6, 6.07) is 0. The van der Waals surface area contributed by atoms with Gasteiger partial charge in [-0.3, -0.25) is 0 Å². The summed E-state index contributed by atoms with van der Waals surface area (Å²) in [6.45, 7) is 12.4. The first-order chi connectivity index (χ1) is 13.7. The Morgan fingerprint density at radius 3 is 2.28 bits per heavy atom. The second-order valence-electron chi connectivity index (χ2n) is 12.8. The molecular formula is C27H48O2. The molecule has 4 saturated carbocycles. The summed E-state index contributed by atoms with van der Waals surface area (Å²) in [5, 5.41) is 20.8. The third kappa shape index (κ3) is 3.73. The van der Waals surface area contributed by atoms with Crippen molar-refractivity contribution < 1.29 is 10.2 Å². The third-order valence-corrected chi connectivity index (χ3v) is 10.9. The lowest BCUT2D eigenvalue weighted by molar-refractivity contribution is -0.160. The molecular weight excluding hydrogens is 356 g/mol. The average molecular weight is 405 g/mol. The van der Waals surface area contributed by atoms with E-state index in [-0.39, 0.29) is 5.41 Å². The van der Waals surface area contributed by atoms with Gasteiger partial charge >= 0.3 is 0 Å².